The van der Waals surface area contributed by atoms with Gasteiger partial charge in [0.25, 0.3) is 5.91 Å². The predicted molar refractivity (Wildman–Crippen MR) is 157 cm³/mol. The van der Waals surface area contributed by atoms with Crippen LogP contribution in [0.2, 0.25) is 0 Å². The van der Waals surface area contributed by atoms with Crippen LogP contribution in [0, 0.1) is 0 Å². The quantitative estimate of drug-likeness (QED) is 0.182. The summed E-state index contributed by atoms with van der Waals surface area (Å²) in [6.07, 6.45) is 2.35. The fourth-order valence-electron chi connectivity index (χ4n) is 4.28. The molecule has 0 saturated heterocycles. The molecule has 1 unspecified atom stereocenters. The Kier molecular flexibility index (Phi) is 7.48. The lowest BCUT2D eigenvalue weighted by Crippen LogP contribution is -2.32. The van der Waals surface area contributed by atoms with E-state index in [0.29, 0.717) is 44.8 Å². The van der Waals surface area contributed by atoms with Crippen LogP contribution < -0.4 is 10.1 Å². The molecule has 0 aliphatic carbocycles. The molecule has 10 nitrogen and oxygen atoms in total. The largest absolute Gasteiger partial charge is 0.497 e. The summed E-state index contributed by atoms with van der Waals surface area (Å²) in [7, 11) is 1.60. The molecule has 4 heterocycles. The first-order valence-electron chi connectivity index (χ1n) is 13.0. The number of esters is 1. The Bertz CT molecular complexity index is 1850. The number of benzene rings is 2. The number of carbonyl (C=O) groups excluding carboxylic acids is 2. The number of anilines is 1. The fraction of sp³-hybridized carbons (Fsp3) is 0.129. The number of carbonyl (C=O) groups is 2. The van der Waals surface area contributed by atoms with E-state index < -0.39 is 18.0 Å². The van der Waals surface area contributed by atoms with Gasteiger partial charge in [-0.15, -0.1) is 11.3 Å². The molecule has 0 bridgehead atoms. The predicted octanol–water partition coefficient (Wildman–Crippen LogP) is 6.86. The number of aromatic nitrogens is 3. The second kappa shape index (κ2) is 11.7. The topological polar surface area (TPSA) is 130 Å². The number of nitrogens with zero attached hydrogens (tertiary/aromatic N) is 3. The number of methoxy groups -OCH3 is 1. The van der Waals surface area contributed by atoms with Gasteiger partial charge in [0.1, 0.15) is 17.1 Å². The maximum absolute atomic E-state index is 13.1. The van der Waals surface area contributed by atoms with Crippen LogP contribution in [0.25, 0.3) is 45.2 Å². The third-order valence-electron chi connectivity index (χ3n) is 6.44. The standard InChI is InChI=1S/C31H24N4O6S/c1-3-24(29(36)35-31-34-23(17-42-31)18-8-11-20(38-2)12-9-18)41-30(37)19-10-13-21-22(16-19)33-28(26-7-5-15-40-26)27(32-21)25-6-4-14-39-25/h4-17,24H,3H2,1-2H3,(H,34,35,36). The summed E-state index contributed by atoms with van der Waals surface area (Å²) in [6, 6.07) is 19.4. The van der Waals surface area contributed by atoms with E-state index in [0.717, 1.165) is 11.3 Å². The van der Waals surface area contributed by atoms with Crippen molar-refractivity contribution >= 4 is 39.4 Å². The van der Waals surface area contributed by atoms with Gasteiger partial charge >= 0.3 is 5.97 Å². The molecule has 210 valence electrons. The Hall–Kier alpha value is -5.29. The molecule has 11 heteroatoms. The number of amides is 1. The van der Waals surface area contributed by atoms with Crippen molar-refractivity contribution < 1.29 is 27.9 Å². The number of nitrogens with one attached hydrogen (secondary N) is 1. The van der Waals surface area contributed by atoms with Gasteiger partial charge in [0.2, 0.25) is 0 Å². The van der Waals surface area contributed by atoms with Crippen LogP contribution >= 0.6 is 11.3 Å². The Morgan fingerprint density at radius 3 is 2.21 bits per heavy atom. The second-order valence-corrected chi connectivity index (χ2v) is 9.99. The summed E-state index contributed by atoms with van der Waals surface area (Å²) in [4.78, 5) is 40.0. The molecule has 0 radical (unpaired) electrons. The zero-order valence-corrected chi connectivity index (χ0v) is 23.4. The van der Waals surface area contributed by atoms with Gasteiger partial charge in [-0.1, -0.05) is 6.92 Å². The summed E-state index contributed by atoms with van der Waals surface area (Å²) in [5, 5.41) is 5.00. The summed E-state index contributed by atoms with van der Waals surface area (Å²) >= 11 is 1.28. The number of fused-ring (bicyclic) bond motifs is 1. The lowest BCUT2D eigenvalue weighted by molar-refractivity contribution is -0.124. The van der Waals surface area contributed by atoms with Crippen LogP contribution in [0.15, 0.2) is 93.5 Å². The molecule has 0 aliphatic heterocycles. The molecule has 4 aromatic heterocycles. The summed E-state index contributed by atoms with van der Waals surface area (Å²) in [6.45, 7) is 1.76. The molecule has 0 saturated carbocycles. The van der Waals surface area contributed by atoms with Crippen molar-refractivity contribution in [2.45, 2.75) is 19.4 Å². The van der Waals surface area contributed by atoms with Gasteiger partial charge in [0.15, 0.2) is 22.8 Å². The number of hydrogen-bond acceptors (Lipinski definition) is 10. The monoisotopic (exact) mass is 580 g/mol. The van der Waals surface area contributed by atoms with E-state index in [1.807, 2.05) is 29.6 Å². The Morgan fingerprint density at radius 1 is 0.905 bits per heavy atom. The van der Waals surface area contributed by atoms with E-state index >= 15 is 0 Å². The SMILES string of the molecule is CCC(OC(=O)c1ccc2nc(-c3ccco3)c(-c3ccco3)nc2c1)C(=O)Nc1nc(-c2ccc(OC)cc2)cs1. The number of ether oxygens (including phenoxy) is 2. The maximum Gasteiger partial charge on any atom is 0.338 e. The smallest absolute Gasteiger partial charge is 0.338 e. The van der Waals surface area contributed by atoms with Crippen molar-refractivity contribution in [3.63, 3.8) is 0 Å². The number of hydrogen-bond donors (Lipinski definition) is 1. The highest BCUT2D eigenvalue weighted by atomic mass is 32.1. The minimum absolute atomic E-state index is 0.232. The summed E-state index contributed by atoms with van der Waals surface area (Å²) in [5.41, 5.74) is 3.82. The van der Waals surface area contributed by atoms with Gasteiger partial charge < -0.3 is 18.3 Å². The fourth-order valence-corrected chi connectivity index (χ4v) is 5.01. The van der Waals surface area contributed by atoms with Gasteiger partial charge in [-0.2, -0.15) is 0 Å². The third-order valence-corrected chi connectivity index (χ3v) is 7.20. The molecular weight excluding hydrogens is 556 g/mol. The van der Waals surface area contributed by atoms with Crippen LogP contribution in [-0.2, 0) is 9.53 Å². The van der Waals surface area contributed by atoms with Gasteiger partial charge in [0, 0.05) is 10.9 Å². The number of furan rings is 2. The van der Waals surface area contributed by atoms with Gasteiger partial charge in [-0.25, -0.2) is 19.7 Å². The van der Waals surface area contributed by atoms with Gasteiger partial charge in [-0.3, -0.25) is 10.1 Å². The lowest BCUT2D eigenvalue weighted by Gasteiger charge is -2.15. The average molecular weight is 581 g/mol. The van der Waals surface area contributed by atoms with Crippen molar-refractivity contribution in [3.8, 4) is 39.9 Å². The van der Waals surface area contributed by atoms with E-state index in [1.54, 1.807) is 69.0 Å². The lowest BCUT2D eigenvalue weighted by atomic mass is 10.1. The first-order valence-corrected chi connectivity index (χ1v) is 13.9. The average Bonchev–Trinajstić information content (AvgIpc) is 3.82. The Morgan fingerprint density at radius 2 is 1.60 bits per heavy atom. The molecule has 0 fully saturated rings. The first-order chi connectivity index (χ1) is 20.5. The first kappa shape index (κ1) is 26.9. The van der Waals surface area contributed by atoms with Crippen molar-refractivity contribution in [1.82, 2.24) is 15.0 Å². The van der Waals surface area contributed by atoms with Crippen molar-refractivity contribution in [2.75, 3.05) is 12.4 Å². The molecule has 0 spiro atoms. The molecule has 2 aromatic carbocycles. The highest BCUT2D eigenvalue weighted by Gasteiger charge is 2.24. The van der Waals surface area contributed by atoms with E-state index in [2.05, 4.69) is 10.3 Å². The van der Waals surface area contributed by atoms with Crippen LogP contribution in [-0.4, -0.2) is 40.0 Å². The summed E-state index contributed by atoms with van der Waals surface area (Å²) in [5.74, 6) is 0.653. The molecule has 0 aliphatic rings. The second-order valence-electron chi connectivity index (χ2n) is 9.14. The van der Waals surface area contributed by atoms with E-state index in [1.165, 1.54) is 11.3 Å². The third kappa shape index (κ3) is 5.50. The van der Waals surface area contributed by atoms with E-state index in [4.69, 9.17) is 28.3 Å². The van der Waals surface area contributed by atoms with E-state index in [-0.39, 0.29) is 12.0 Å². The van der Waals surface area contributed by atoms with Crippen LogP contribution in [0.3, 0.4) is 0 Å². The Balaban J connectivity index is 1.19. The Labute approximate surface area is 244 Å². The minimum atomic E-state index is -1.02. The minimum Gasteiger partial charge on any atom is -0.497 e. The zero-order valence-electron chi connectivity index (χ0n) is 22.6. The van der Waals surface area contributed by atoms with Gasteiger partial charge in [0.05, 0.1) is 41.9 Å². The molecule has 6 rings (SSSR count). The molecule has 1 atom stereocenters. The molecule has 42 heavy (non-hydrogen) atoms. The van der Waals surface area contributed by atoms with Crippen LogP contribution in [0.4, 0.5) is 5.13 Å². The van der Waals surface area contributed by atoms with E-state index in [9.17, 15) is 9.59 Å². The zero-order chi connectivity index (χ0) is 29.1. The van der Waals surface area contributed by atoms with Gasteiger partial charge in [-0.05, 0) is 73.2 Å². The van der Waals surface area contributed by atoms with Crippen LogP contribution in [0.5, 0.6) is 5.75 Å². The highest BCUT2D eigenvalue weighted by Crippen LogP contribution is 2.32. The normalized spacial score (nSPS) is 11.8. The maximum atomic E-state index is 13.1. The molecule has 6 aromatic rings. The molecule has 1 N–H and O–H groups in total. The molecule has 1 amide bonds. The number of rotatable bonds is 9. The number of thiazole rings is 1. The van der Waals surface area contributed by atoms with Crippen molar-refractivity contribution in [2.24, 2.45) is 0 Å². The molecular formula is C31H24N4O6S. The summed E-state index contributed by atoms with van der Waals surface area (Å²) < 4.78 is 21.9. The van der Waals surface area contributed by atoms with Crippen molar-refractivity contribution in [3.05, 3.63) is 90.2 Å². The highest BCUT2D eigenvalue weighted by molar-refractivity contribution is 7.14. The van der Waals surface area contributed by atoms with Crippen molar-refractivity contribution in [1.29, 1.82) is 0 Å². The van der Waals surface area contributed by atoms with Crippen LogP contribution in [0.1, 0.15) is 23.7 Å².